The summed E-state index contributed by atoms with van der Waals surface area (Å²) in [6, 6.07) is 60.2. The summed E-state index contributed by atoms with van der Waals surface area (Å²) < 4.78 is 2.37. The fourth-order valence-electron chi connectivity index (χ4n) is 8.59. The van der Waals surface area contributed by atoms with Crippen LogP contribution in [0, 0.1) is 0 Å². The van der Waals surface area contributed by atoms with E-state index < -0.39 is 0 Å². The molecule has 254 valence electrons. The van der Waals surface area contributed by atoms with Crippen LogP contribution >= 0.6 is 0 Å². The molecule has 8 aromatic rings. The Morgan fingerprint density at radius 2 is 1.25 bits per heavy atom. The first kappa shape index (κ1) is 31.2. The van der Waals surface area contributed by atoms with Crippen LogP contribution in [0.15, 0.2) is 182 Å². The van der Waals surface area contributed by atoms with Gasteiger partial charge in [-0.3, -0.25) is 0 Å². The van der Waals surface area contributed by atoms with E-state index in [1.807, 2.05) is 6.20 Å². The van der Waals surface area contributed by atoms with Gasteiger partial charge in [0.2, 0.25) is 0 Å². The minimum absolute atomic E-state index is 0.0908. The van der Waals surface area contributed by atoms with Crippen LogP contribution in [0.3, 0.4) is 0 Å². The Morgan fingerprint density at radius 3 is 2.09 bits per heavy atom. The molecule has 3 heteroatoms. The molecule has 0 amide bonds. The minimum Gasteiger partial charge on any atom is -0.387 e. The Kier molecular flexibility index (Phi) is 7.23. The first-order valence-corrected chi connectivity index (χ1v) is 18.5. The number of dihydropyridines is 1. The van der Waals surface area contributed by atoms with Crippen LogP contribution in [0.5, 0.6) is 0 Å². The van der Waals surface area contributed by atoms with Gasteiger partial charge >= 0.3 is 0 Å². The third kappa shape index (κ3) is 5.11. The highest BCUT2D eigenvalue weighted by molar-refractivity contribution is 6.10. The van der Waals surface area contributed by atoms with Crippen LogP contribution in [0.4, 0.5) is 17.1 Å². The van der Waals surface area contributed by atoms with Gasteiger partial charge in [0.1, 0.15) is 0 Å². The number of para-hydroxylation sites is 2. The molecule has 1 N–H and O–H groups in total. The van der Waals surface area contributed by atoms with E-state index in [1.54, 1.807) is 0 Å². The maximum absolute atomic E-state index is 3.38. The number of allylic oxidation sites excluding steroid dienone is 2. The standard InChI is InChI=1S/C50H39N3/c1-50(2)46-19-8-6-17-42(46)43-27-26-41(32-47(43)50)52(40-16-10-12-35(30-40)37-13-11-29-51-33-37)39-24-21-34(22-25-39)36-23-28-49-45(31-36)44-18-7-9-20-48(44)53(49)38-14-4-3-5-15-38/h3-32,51H,33H2,1-2H3. The van der Waals surface area contributed by atoms with Gasteiger partial charge in [0.25, 0.3) is 0 Å². The Bertz CT molecular complexity index is 2750. The first-order valence-electron chi connectivity index (χ1n) is 18.5. The van der Waals surface area contributed by atoms with E-state index in [1.165, 1.54) is 72.0 Å². The van der Waals surface area contributed by atoms with Gasteiger partial charge in [-0.2, -0.15) is 0 Å². The Morgan fingerprint density at radius 1 is 0.528 bits per heavy atom. The van der Waals surface area contributed by atoms with Gasteiger partial charge in [0, 0.05) is 45.5 Å². The van der Waals surface area contributed by atoms with Crippen molar-refractivity contribution in [3.63, 3.8) is 0 Å². The lowest BCUT2D eigenvalue weighted by Crippen LogP contribution is -2.16. The zero-order valence-electron chi connectivity index (χ0n) is 29.9. The molecule has 0 spiro atoms. The second kappa shape index (κ2) is 12.3. The van der Waals surface area contributed by atoms with Crippen molar-refractivity contribution in [2.24, 2.45) is 0 Å². The number of aromatic nitrogens is 1. The van der Waals surface area contributed by atoms with Crippen LogP contribution in [0.2, 0.25) is 0 Å². The quantitative estimate of drug-likeness (QED) is 0.188. The number of hydrogen-bond donors (Lipinski definition) is 1. The zero-order chi connectivity index (χ0) is 35.5. The molecular formula is C50H39N3. The van der Waals surface area contributed by atoms with Gasteiger partial charge in [0.05, 0.1) is 11.0 Å². The summed E-state index contributed by atoms with van der Waals surface area (Å²) in [4.78, 5) is 2.41. The van der Waals surface area contributed by atoms with Crippen molar-refractivity contribution in [2.45, 2.75) is 19.3 Å². The third-order valence-corrected chi connectivity index (χ3v) is 11.3. The molecule has 2 heterocycles. The van der Waals surface area contributed by atoms with Gasteiger partial charge in [0.15, 0.2) is 0 Å². The summed E-state index contributed by atoms with van der Waals surface area (Å²) in [5.74, 6) is 0. The molecule has 2 aliphatic rings. The fraction of sp³-hybridized carbons (Fsp3) is 0.0800. The minimum atomic E-state index is -0.0908. The molecule has 0 atom stereocenters. The van der Waals surface area contributed by atoms with Gasteiger partial charge < -0.3 is 14.8 Å². The number of anilines is 3. The van der Waals surface area contributed by atoms with E-state index in [-0.39, 0.29) is 5.41 Å². The van der Waals surface area contributed by atoms with E-state index in [4.69, 9.17) is 0 Å². The molecule has 0 bridgehead atoms. The summed E-state index contributed by atoms with van der Waals surface area (Å²) in [5.41, 5.74) is 17.2. The number of nitrogens with one attached hydrogen (secondary N) is 1. The lowest BCUT2D eigenvalue weighted by molar-refractivity contribution is 0.660. The molecule has 3 nitrogen and oxygen atoms in total. The molecule has 0 saturated heterocycles. The summed E-state index contributed by atoms with van der Waals surface area (Å²) in [5, 5.41) is 5.90. The second-order valence-electron chi connectivity index (χ2n) is 14.7. The van der Waals surface area contributed by atoms with Crippen molar-refractivity contribution in [3.05, 3.63) is 199 Å². The fourth-order valence-corrected chi connectivity index (χ4v) is 8.59. The molecule has 1 aliphatic heterocycles. The van der Waals surface area contributed by atoms with Crippen molar-refractivity contribution in [3.8, 4) is 27.9 Å². The summed E-state index contributed by atoms with van der Waals surface area (Å²) in [6.07, 6.45) is 6.29. The number of fused-ring (bicyclic) bond motifs is 6. The average Bonchev–Trinajstić information content (AvgIpc) is 3.67. The van der Waals surface area contributed by atoms with Gasteiger partial charge in [-0.25, -0.2) is 0 Å². The largest absolute Gasteiger partial charge is 0.387 e. The Balaban J connectivity index is 1.08. The van der Waals surface area contributed by atoms with E-state index in [0.29, 0.717) is 0 Å². The van der Waals surface area contributed by atoms with E-state index in [9.17, 15) is 0 Å². The van der Waals surface area contributed by atoms with Gasteiger partial charge in [-0.05, 0) is 124 Å². The van der Waals surface area contributed by atoms with Crippen LogP contribution in [-0.2, 0) is 5.41 Å². The molecule has 53 heavy (non-hydrogen) atoms. The lowest BCUT2D eigenvalue weighted by Gasteiger charge is -2.29. The predicted molar refractivity (Wildman–Crippen MR) is 224 cm³/mol. The molecule has 0 saturated carbocycles. The smallest absolute Gasteiger partial charge is 0.0541 e. The van der Waals surface area contributed by atoms with Crippen LogP contribution < -0.4 is 10.2 Å². The molecule has 1 aliphatic carbocycles. The normalized spacial score (nSPS) is 14.1. The summed E-state index contributed by atoms with van der Waals surface area (Å²) in [7, 11) is 0. The highest BCUT2D eigenvalue weighted by atomic mass is 15.1. The topological polar surface area (TPSA) is 20.2 Å². The SMILES string of the molecule is CC1(C)c2ccccc2-c2ccc(N(c3ccc(-c4ccc5c(c4)c4ccccc4n5-c4ccccc4)cc3)c3cccc(C4=CC=CNC4)c3)cc21. The molecule has 0 radical (unpaired) electrons. The van der Waals surface area contributed by atoms with Crippen LogP contribution in [0.25, 0.3) is 55.3 Å². The Labute approximate surface area is 310 Å². The van der Waals surface area contributed by atoms with Crippen molar-refractivity contribution in [1.29, 1.82) is 0 Å². The first-order chi connectivity index (χ1) is 26.0. The Hall–Kier alpha value is -6.58. The second-order valence-corrected chi connectivity index (χ2v) is 14.7. The van der Waals surface area contributed by atoms with Crippen LogP contribution in [0.1, 0.15) is 30.5 Å². The predicted octanol–water partition coefficient (Wildman–Crippen LogP) is 12.7. The maximum atomic E-state index is 3.38. The van der Waals surface area contributed by atoms with Crippen LogP contribution in [-0.4, -0.2) is 11.1 Å². The average molecular weight is 682 g/mol. The molecular weight excluding hydrogens is 643 g/mol. The van der Waals surface area contributed by atoms with Crippen molar-refractivity contribution in [2.75, 3.05) is 11.4 Å². The lowest BCUT2D eigenvalue weighted by atomic mass is 9.82. The summed E-state index contributed by atoms with van der Waals surface area (Å²) in [6.45, 7) is 5.52. The maximum Gasteiger partial charge on any atom is 0.0541 e. The molecule has 1 aromatic heterocycles. The number of rotatable bonds is 6. The van der Waals surface area contributed by atoms with E-state index >= 15 is 0 Å². The highest BCUT2D eigenvalue weighted by Gasteiger charge is 2.35. The number of benzene rings is 7. The van der Waals surface area contributed by atoms with Crippen molar-refractivity contribution in [1.82, 2.24) is 9.88 Å². The van der Waals surface area contributed by atoms with Gasteiger partial charge in [-0.1, -0.05) is 117 Å². The van der Waals surface area contributed by atoms with Crippen molar-refractivity contribution >= 4 is 44.4 Å². The molecule has 0 unspecified atom stereocenters. The number of hydrogen-bond acceptors (Lipinski definition) is 2. The molecule has 7 aromatic carbocycles. The van der Waals surface area contributed by atoms with Crippen molar-refractivity contribution < 1.29 is 0 Å². The van der Waals surface area contributed by atoms with Gasteiger partial charge in [-0.15, -0.1) is 0 Å². The third-order valence-electron chi connectivity index (χ3n) is 11.3. The molecule has 0 fully saturated rings. The van der Waals surface area contributed by atoms with E-state index in [0.717, 1.165) is 23.6 Å². The summed E-state index contributed by atoms with van der Waals surface area (Å²) >= 11 is 0. The number of nitrogens with zero attached hydrogens (tertiary/aromatic N) is 2. The molecule has 10 rings (SSSR count). The monoisotopic (exact) mass is 681 g/mol. The highest BCUT2D eigenvalue weighted by Crippen LogP contribution is 2.50. The zero-order valence-corrected chi connectivity index (χ0v) is 29.9. The van der Waals surface area contributed by atoms with E-state index in [2.05, 4.69) is 205 Å².